The molecule has 2 aliphatic rings. The van der Waals surface area contributed by atoms with Crippen LogP contribution in [0.2, 0.25) is 0 Å². The summed E-state index contributed by atoms with van der Waals surface area (Å²) in [6.07, 6.45) is 7.71. The van der Waals surface area contributed by atoms with Crippen LogP contribution in [0.15, 0.2) is 22.9 Å². The Morgan fingerprint density at radius 1 is 1.30 bits per heavy atom. The number of carbonyl (C=O) groups is 1. The Balaban J connectivity index is 1.40. The zero-order valence-corrected chi connectivity index (χ0v) is 15.8. The van der Waals surface area contributed by atoms with Crippen molar-refractivity contribution in [3.63, 3.8) is 0 Å². The predicted molar refractivity (Wildman–Crippen MR) is 98.1 cm³/mol. The Bertz CT molecular complexity index is 770. The van der Waals surface area contributed by atoms with Crippen LogP contribution in [0.1, 0.15) is 65.9 Å². The summed E-state index contributed by atoms with van der Waals surface area (Å²) in [5.41, 5.74) is 1.49. The zero-order valence-electron chi connectivity index (χ0n) is 15.8. The average molecular weight is 370 g/mol. The summed E-state index contributed by atoms with van der Waals surface area (Å²) < 4.78 is 11.2. The number of rotatable bonds is 7. The van der Waals surface area contributed by atoms with Gasteiger partial charge < -0.3 is 14.2 Å². The summed E-state index contributed by atoms with van der Waals surface area (Å²) >= 11 is 0. The van der Waals surface area contributed by atoms with E-state index in [-0.39, 0.29) is 11.9 Å². The number of carbonyl (C=O) groups excluding carboxylic acids is 1. The largest absolute Gasteiger partial charge is 0.381 e. The van der Waals surface area contributed by atoms with Gasteiger partial charge in [0.15, 0.2) is 5.82 Å². The van der Waals surface area contributed by atoms with E-state index in [1.54, 1.807) is 6.20 Å². The first kappa shape index (κ1) is 18.1. The summed E-state index contributed by atoms with van der Waals surface area (Å²) in [6.45, 7) is 4.05. The molecule has 144 valence electrons. The Morgan fingerprint density at radius 2 is 2.19 bits per heavy atom. The molecule has 7 nitrogen and oxygen atoms in total. The van der Waals surface area contributed by atoms with Crippen molar-refractivity contribution in [3.05, 3.63) is 41.3 Å². The molecule has 1 unspecified atom stereocenters. The summed E-state index contributed by atoms with van der Waals surface area (Å²) in [5, 5.41) is 4.09. The molecule has 27 heavy (non-hydrogen) atoms. The van der Waals surface area contributed by atoms with Gasteiger partial charge in [0.1, 0.15) is 6.04 Å². The van der Waals surface area contributed by atoms with Gasteiger partial charge in [-0.25, -0.2) is 0 Å². The minimum atomic E-state index is -0.166. The molecule has 7 heteroatoms. The van der Waals surface area contributed by atoms with Crippen LogP contribution in [0.5, 0.6) is 0 Å². The van der Waals surface area contributed by atoms with Gasteiger partial charge in [-0.2, -0.15) is 4.98 Å². The molecule has 0 N–H and O–H groups in total. The molecule has 3 heterocycles. The minimum Gasteiger partial charge on any atom is -0.381 e. The van der Waals surface area contributed by atoms with Crippen molar-refractivity contribution in [3.8, 4) is 0 Å². The van der Waals surface area contributed by atoms with Gasteiger partial charge in [-0.3, -0.25) is 9.78 Å². The van der Waals surface area contributed by atoms with Crippen molar-refractivity contribution < 1.29 is 14.1 Å². The maximum Gasteiger partial charge on any atom is 0.256 e. The van der Waals surface area contributed by atoms with E-state index in [2.05, 4.69) is 15.1 Å². The second-order valence-electron chi connectivity index (χ2n) is 7.52. The summed E-state index contributed by atoms with van der Waals surface area (Å²) in [6, 6.07) is 3.52. The van der Waals surface area contributed by atoms with Gasteiger partial charge in [0.05, 0.1) is 12.2 Å². The van der Waals surface area contributed by atoms with Gasteiger partial charge in [0, 0.05) is 31.5 Å². The van der Waals surface area contributed by atoms with Crippen LogP contribution in [0.4, 0.5) is 0 Å². The number of aromatic nitrogens is 3. The number of nitrogens with zero attached hydrogens (tertiary/aromatic N) is 4. The lowest BCUT2D eigenvalue weighted by atomic mass is 10.0. The fourth-order valence-corrected chi connectivity index (χ4v) is 3.39. The van der Waals surface area contributed by atoms with Crippen LogP contribution >= 0.6 is 0 Å². The number of amides is 1. The van der Waals surface area contributed by atoms with Gasteiger partial charge in [0.2, 0.25) is 5.89 Å². The number of ether oxygens (including phenoxy) is 1. The van der Waals surface area contributed by atoms with Crippen molar-refractivity contribution >= 4 is 5.91 Å². The molecule has 4 rings (SSSR count). The van der Waals surface area contributed by atoms with E-state index in [1.807, 2.05) is 24.0 Å². The summed E-state index contributed by atoms with van der Waals surface area (Å²) in [4.78, 5) is 23.6. The molecule has 2 aromatic rings. The van der Waals surface area contributed by atoms with E-state index in [1.165, 1.54) is 12.8 Å². The maximum absolute atomic E-state index is 13.0. The Labute approximate surface area is 159 Å². The lowest BCUT2D eigenvalue weighted by Crippen LogP contribution is -2.38. The molecule has 1 saturated heterocycles. The van der Waals surface area contributed by atoms with Gasteiger partial charge in [-0.1, -0.05) is 5.16 Å². The molecular weight excluding hydrogens is 344 g/mol. The first-order valence-electron chi connectivity index (χ1n) is 9.84. The number of hydrogen-bond acceptors (Lipinski definition) is 6. The smallest absolute Gasteiger partial charge is 0.256 e. The van der Waals surface area contributed by atoms with Crippen LogP contribution < -0.4 is 0 Å². The average Bonchev–Trinajstić information content (AvgIpc) is 3.41. The van der Waals surface area contributed by atoms with Gasteiger partial charge in [0.25, 0.3) is 5.91 Å². The van der Waals surface area contributed by atoms with E-state index in [4.69, 9.17) is 9.26 Å². The van der Waals surface area contributed by atoms with Gasteiger partial charge >= 0.3 is 0 Å². The third kappa shape index (κ3) is 4.53. The molecule has 1 saturated carbocycles. The zero-order chi connectivity index (χ0) is 18.6. The van der Waals surface area contributed by atoms with Crippen molar-refractivity contribution in [2.24, 2.45) is 5.92 Å². The molecule has 2 aromatic heterocycles. The standard InChI is InChI=1S/C20H26N4O3/c1-14-5-8-16(12-21-14)20(25)24-10-3-2-4-17(24)19-22-18(23-27-19)9-11-26-13-15-6-7-15/h5,8,12,15,17H,2-4,6-7,9-11,13H2,1H3. The number of aryl methyl sites for hydroxylation is 1. The Hall–Kier alpha value is -2.28. The molecule has 1 amide bonds. The molecule has 0 radical (unpaired) electrons. The van der Waals surface area contributed by atoms with Crippen molar-refractivity contribution in [2.75, 3.05) is 19.8 Å². The van der Waals surface area contributed by atoms with E-state index in [0.29, 0.717) is 36.9 Å². The van der Waals surface area contributed by atoms with Crippen LogP contribution in [0, 0.1) is 12.8 Å². The van der Waals surface area contributed by atoms with Crippen LogP contribution in [-0.4, -0.2) is 45.7 Å². The number of hydrogen-bond donors (Lipinski definition) is 0. The minimum absolute atomic E-state index is 0.0280. The first-order valence-corrected chi connectivity index (χ1v) is 9.84. The Kier molecular flexibility index (Phi) is 5.48. The normalized spacial score (nSPS) is 20.0. The predicted octanol–water partition coefficient (Wildman–Crippen LogP) is 3.11. The van der Waals surface area contributed by atoms with Crippen molar-refractivity contribution in [1.29, 1.82) is 0 Å². The first-order chi connectivity index (χ1) is 13.2. The van der Waals surface area contributed by atoms with Crippen molar-refractivity contribution in [2.45, 2.75) is 51.5 Å². The lowest BCUT2D eigenvalue weighted by Gasteiger charge is -2.33. The molecule has 0 aromatic carbocycles. The molecule has 2 fully saturated rings. The lowest BCUT2D eigenvalue weighted by molar-refractivity contribution is 0.0561. The van der Waals surface area contributed by atoms with Crippen LogP contribution in [-0.2, 0) is 11.2 Å². The number of piperidine rings is 1. The van der Waals surface area contributed by atoms with E-state index in [0.717, 1.165) is 37.5 Å². The monoisotopic (exact) mass is 370 g/mol. The van der Waals surface area contributed by atoms with E-state index in [9.17, 15) is 4.79 Å². The van der Waals surface area contributed by atoms with Gasteiger partial charge in [-0.15, -0.1) is 0 Å². The van der Waals surface area contributed by atoms with E-state index < -0.39 is 0 Å². The fourth-order valence-electron chi connectivity index (χ4n) is 3.39. The highest BCUT2D eigenvalue weighted by atomic mass is 16.5. The fraction of sp³-hybridized carbons (Fsp3) is 0.600. The van der Waals surface area contributed by atoms with Crippen LogP contribution in [0.25, 0.3) is 0 Å². The third-order valence-electron chi connectivity index (χ3n) is 5.21. The molecule has 1 atom stereocenters. The molecule has 1 aliphatic carbocycles. The quantitative estimate of drug-likeness (QED) is 0.697. The highest BCUT2D eigenvalue weighted by Crippen LogP contribution is 2.31. The molecule has 1 aliphatic heterocycles. The van der Waals surface area contributed by atoms with Crippen molar-refractivity contribution in [1.82, 2.24) is 20.0 Å². The maximum atomic E-state index is 13.0. The Morgan fingerprint density at radius 3 is 2.96 bits per heavy atom. The highest BCUT2D eigenvalue weighted by Gasteiger charge is 2.32. The molecule has 0 bridgehead atoms. The topological polar surface area (TPSA) is 81.4 Å². The van der Waals surface area contributed by atoms with Gasteiger partial charge in [-0.05, 0) is 57.1 Å². The summed E-state index contributed by atoms with van der Waals surface area (Å²) in [7, 11) is 0. The second kappa shape index (κ2) is 8.17. The molecular formula is C20H26N4O3. The second-order valence-corrected chi connectivity index (χ2v) is 7.52. The number of pyridine rings is 1. The van der Waals surface area contributed by atoms with E-state index >= 15 is 0 Å². The SMILES string of the molecule is Cc1ccc(C(=O)N2CCCCC2c2nc(CCOCC3CC3)no2)cn1. The summed E-state index contributed by atoms with van der Waals surface area (Å²) in [5.74, 6) is 1.90. The third-order valence-corrected chi connectivity index (χ3v) is 5.21. The highest BCUT2D eigenvalue weighted by molar-refractivity contribution is 5.94. The molecule has 0 spiro atoms. The number of likely N-dealkylation sites (tertiary alicyclic amines) is 1. The van der Waals surface area contributed by atoms with Crippen LogP contribution in [0.3, 0.4) is 0 Å².